The smallest absolute Gasteiger partial charge is 0.326 e. The summed E-state index contributed by atoms with van der Waals surface area (Å²) in [6.07, 6.45) is 5.81. The molecule has 0 saturated carbocycles. The predicted molar refractivity (Wildman–Crippen MR) is 144 cm³/mol. The van der Waals surface area contributed by atoms with E-state index in [1.807, 2.05) is 12.1 Å². The van der Waals surface area contributed by atoms with E-state index in [1.165, 1.54) is 6.07 Å². The van der Waals surface area contributed by atoms with Crippen molar-refractivity contribution in [2.75, 3.05) is 45.3 Å². The zero-order valence-corrected chi connectivity index (χ0v) is 21.6. The minimum atomic E-state index is -0.357. The van der Waals surface area contributed by atoms with E-state index in [1.54, 1.807) is 23.9 Å². The number of piperidine rings is 1. The van der Waals surface area contributed by atoms with Gasteiger partial charge in [0, 0.05) is 67.5 Å². The van der Waals surface area contributed by atoms with Crippen LogP contribution < -0.4 is 10.6 Å². The molecule has 4 aromatic rings. The molecule has 1 atom stereocenters. The van der Waals surface area contributed by atoms with Crippen molar-refractivity contribution in [3.05, 3.63) is 52.5 Å². The standard InChI is InChI=1S/C28H33FN6O2/c1-33(2)19-8-10-35(11-9-19)24-7-6-17(15-30-24)20-13-21-23(14-22(20)29)31-25(18-5-4-12-37-16-18)27-26(21)32-28(36)34(27)3/h6-7,13-15,18-19H,4-5,8-12,16H2,1-3H3,(H,32,36)/t18-/m0/s1. The third kappa shape index (κ3) is 4.30. The van der Waals surface area contributed by atoms with Crippen molar-refractivity contribution in [1.82, 2.24) is 24.4 Å². The number of pyridine rings is 2. The lowest BCUT2D eigenvalue weighted by atomic mass is 9.95. The van der Waals surface area contributed by atoms with Crippen molar-refractivity contribution in [1.29, 1.82) is 0 Å². The first-order chi connectivity index (χ1) is 17.9. The van der Waals surface area contributed by atoms with Crippen molar-refractivity contribution in [3.63, 3.8) is 0 Å². The molecule has 3 aromatic heterocycles. The average molecular weight is 505 g/mol. The van der Waals surface area contributed by atoms with Crippen LogP contribution in [0.2, 0.25) is 0 Å². The lowest BCUT2D eigenvalue weighted by Crippen LogP contribution is -2.42. The van der Waals surface area contributed by atoms with Crippen LogP contribution in [-0.2, 0) is 11.8 Å². The summed E-state index contributed by atoms with van der Waals surface area (Å²) >= 11 is 0. The Kier molecular flexibility index (Phi) is 6.20. The van der Waals surface area contributed by atoms with Gasteiger partial charge in [0.05, 0.1) is 28.9 Å². The number of benzene rings is 1. The van der Waals surface area contributed by atoms with Gasteiger partial charge in [-0.3, -0.25) is 4.57 Å². The van der Waals surface area contributed by atoms with Gasteiger partial charge < -0.3 is 19.5 Å². The number of imidazole rings is 1. The number of aromatic nitrogens is 4. The van der Waals surface area contributed by atoms with Crippen LogP contribution in [0.4, 0.5) is 10.2 Å². The van der Waals surface area contributed by atoms with Crippen LogP contribution in [-0.4, -0.2) is 70.9 Å². The monoisotopic (exact) mass is 504 g/mol. The number of H-pyrrole nitrogens is 1. The minimum absolute atomic E-state index is 0.0734. The summed E-state index contributed by atoms with van der Waals surface area (Å²) < 4.78 is 22.7. The Hall–Kier alpha value is -3.30. The van der Waals surface area contributed by atoms with Crippen LogP contribution in [0.3, 0.4) is 0 Å². The number of halogens is 1. The molecule has 2 aliphatic rings. The summed E-state index contributed by atoms with van der Waals surface area (Å²) in [6.45, 7) is 3.20. The summed E-state index contributed by atoms with van der Waals surface area (Å²) in [5, 5.41) is 0.722. The number of aromatic amines is 1. The molecular weight excluding hydrogens is 471 g/mol. The molecule has 0 spiro atoms. The number of anilines is 1. The molecule has 2 aliphatic heterocycles. The first kappa shape index (κ1) is 24.1. The second-order valence-corrected chi connectivity index (χ2v) is 10.6. The summed E-state index contributed by atoms with van der Waals surface area (Å²) in [6, 6.07) is 7.76. The summed E-state index contributed by atoms with van der Waals surface area (Å²) in [5.41, 5.74) is 3.70. The maximum absolute atomic E-state index is 15.5. The topological polar surface area (TPSA) is 79.3 Å². The van der Waals surface area contributed by atoms with Gasteiger partial charge in [0.1, 0.15) is 11.6 Å². The van der Waals surface area contributed by atoms with Crippen LogP contribution >= 0.6 is 0 Å². The van der Waals surface area contributed by atoms with Crippen molar-refractivity contribution in [2.45, 2.75) is 37.6 Å². The van der Waals surface area contributed by atoms with Gasteiger partial charge in [-0.1, -0.05) is 0 Å². The van der Waals surface area contributed by atoms with E-state index in [0.717, 1.165) is 67.8 Å². The van der Waals surface area contributed by atoms with Gasteiger partial charge >= 0.3 is 5.69 Å². The molecule has 0 radical (unpaired) electrons. The number of hydrogen-bond donors (Lipinski definition) is 1. The van der Waals surface area contributed by atoms with Gasteiger partial charge in [-0.05, 0) is 58.0 Å². The molecule has 1 aromatic carbocycles. The molecule has 194 valence electrons. The lowest BCUT2D eigenvalue weighted by Gasteiger charge is -2.35. The molecule has 6 rings (SSSR count). The largest absolute Gasteiger partial charge is 0.381 e. The maximum Gasteiger partial charge on any atom is 0.326 e. The fourth-order valence-corrected chi connectivity index (χ4v) is 5.86. The third-order valence-corrected chi connectivity index (χ3v) is 8.07. The Labute approximate surface area is 215 Å². The minimum Gasteiger partial charge on any atom is -0.381 e. The highest BCUT2D eigenvalue weighted by molar-refractivity contribution is 6.05. The van der Waals surface area contributed by atoms with Gasteiger partial charge in [-0.15, -0.1) is 0 Å². The Balaban J connectivity index is 1.38. The zero-order valence-electron chi connectivity index (χ0n) is 21.6. The Morgan fingerprint density at radius 3 is 2.65 bits per heavy atom. The van der Waals surface area contributed by atoms with Crippen LogP contribution in [0.5, 0.6) is 0 Å². The molecular formula is C28H33FN6O2. The number of ether oxygens (including phenoxy) is 1. The number of aryl methyl sites for hydroxylation is 1. The normalized spacial score (nSPS) is 19.4. The predicted octanol–water partition coefficient (Wildman–Crippen LogP) is 4.04. The van der Waals surface area contributed by atoms with Gasteiger partial charge in [0.2, 0.25) is 0 Å². The lowest BCUT2D eigenvalue weighted by molar-refractivity contribution is 0.0797. The van der Waals surface area contributed by atoms with Gasteiger partial charge in [0.25, 0.3) is 0 Å². The number of nitrogens with one attached hydrogen (secondary N) is 1. The molecule has 0 amide bonds. The van der Waals surface area contributed by atoms with E-state index in [4.69, 9.17) is 9.72 Å². The van der Waals surface area contributed by atoms with E-state index < -0.39 is 0 Å². The molecule has 1 N–H and O–H groups in total. The van der Waals surface area contributed by atoms with E-state index in [9.17, 15) is 4.79 Å². The Morgan fingerprint density at radius 1 is 1.16 bits per heavy atom. The second kappa shape index (κ2) is 9.54. The SMILES string of the molecule is CN(C)C1CCN(c2ccc(-c3cc4c(cc3F)nc([C@H]3CCCOC3)c3c4[nH]c(=O)n3C)cn2)CC1. The summed E-state index contributed by atoms with van der Waals surface area (Å²) in [7, 11) is 6.01. The van der Waals surface area contributed by atoms with Crippen LogP contribution in [0.15, 0.2) is 35.3 Å². The van der Waals surface area contributed by atoms with Gasteiger partial charge in [-0.25, -0.2) is 19.2 Å². The fraction of sp³-hybridized carbons (Fsp3) is 0.464. The second-order valence-electron chi connectivity index (χ2n) is 10.6. The molecule has 0 unspecified atom stereocenters. The fourth-order valence-electron chi connectivity index (χ4n) is 5.86. The van der Waals surface area contributed by atoms with Crippen LogP contribution in [0.1, 0.15) is 37.3 Å². The average Bonchev–Trinajstić information content (AvgIpc) is 3.22. The van der Waals surface area contributed by atoms with E-state index in [2.05, 4.69) is 33.9 Å². The Morgan fingerprint density at radius 2 is 1.97 bits per heavy atom. The van der Waals surface area contributed by atoms with Gasteiger partial charge in [-0.2, -0.15) is 0 Å². The van der Waals surface area contributed by atoms with Crippen molar-refractivity contribution < 1.29 is 9.13 Å². The quantitative estimate of drug-likeness (QED) is 0.452. The van der Waals surface area contributed by atoms with E-state index in [0.29, 0.717) is 34.8 Å². The molecule has 0 aliphatic carbocycles. The molecule has 0 bridgehead atoms. The number of nitrogens with zero attached hydrogens (tertiary/aromatic N) is 5. The van der Waals surface area contributed by atoms with Crippen LogP contribution in [0.25, 0.3) is 33.1 Å². The summed E-state index contributed by atoms with van der Waals surface area (Å²) in [5.74, 6) is 0.632. The zero-order chi connectivity index (χ0) is 25.7. The van der Waals surface area contributed by atoms with Crippen LogP contribution in [0, 0.1) is 5.82 Å². The molecule has 9 heteroatoms. The maximum atomic E-state index is 15.5. The third-order valence-electron chi connectivity index (χ3n) is 8.07. The molecule has 2 fully saturated rings. The van der Waals surface area contributed by atoms with E-state index >= 15 is 4.39 Å². The molecule has 5 heterocycles. The molecule has 37 heavy (non-hydrogen) atoms. The van der Waals surface area contributed by atoms with Crippen molar-refractivity contribution in [3.8, 4) is 11.1 Å². The molecule has 2 saturated heterocycles. The highest BCUT2D eigenvalue weighted by Gasteiger charge is 2.25. The van der Waals surface area contributed by atoms with Crippen molar-refractivity contribution in [2.24, 2.45) is 7.05 Å². The van der Waals surface area contributed by atoms with Crippen molar-refractivity contribution >= 4 is 27.8 Å². The van der Waals surface area contributed by atoms with Gasteiger partial charge in [0.15, 0.2) is 0 Å². The molecule has 8 nitrogen and oxygen atoms in total. The number of hydrogen-bond acceptors (Lipinski definition) is 6. The Bertz CT molecular complexity index is 1500. The highest BCUT2D eigenvalue weighted by atomic mass is 19.1. The first-order valence-electron chi connectivity index (χ1n) is 13.1. The highest BCUT2D eigenvalue weighted by Crippen LogP contribution is 2.35. The summed E-state index contributed by atoms with van der Waals surface area (Å²) in [4.78, 5) is 29.8. The number of fused-ring (bicyclic) bond motifs is 3. The number of rotatable bonds is 4. The van der Waals surface area contributed by atoms with E-state index in [-0.39, 0.29) is 17.4 Å². The first-order valence-corrected chi connectivity index (χ1v) is 13.1.